The molecule has 27 heavy (non-hydrogen) atoms. The Kier molecular flexibility index (Phi) is 6.79. The summed E-state index contributed by atoms with van der Waals surface area (Å²) < 4.78 is 9.37. The van der Waals surface area contributed by atoms with Crippen molar-refractivity contribution in [1.29, 1.82) is 0 Å². The van der Waals surface area contributed by atoms with Crippen LogP contribution in [-0.2, 0) is 14.3 Å². The van der Waals surface area contributed by atoms with Crippen LogP contribution in [0.25, 0.3) is 0 Å². The third-order valence-electron chi connectivity index (χ3n) is 3.76. The number of carbonyl (C=O) groups is 3. The van der Waals surface area contributed by atoms with Crippen LogP contribution in [0.5, 0.6) is 0 Å². The SMILES string of the molecule is COC(=O)c1ccc(C(=O)OC)c(NC(=O)CNc2cc(Cl)ccc2C)c1. The molecule has 0 aliphatic heterocycles. The Morgan fingerprint density at radius 3 is 2.33 bits per heavy atom. The van der Waals surface area contributed by atoms with E-state index in [0.29, 0.717) is 10.7 Å². The van der Waals surface area contributed by atoms with Crippen LogP contribution in [0.4, 0.5) is 11.4 Å². The number of ether oxygens (including phenoxy) is 2. The molecule has 2 N–H and O–H groups in total. The first-order chi connectivity index (χ1) is 12.8. The highest BCUT2D eigenvalue weighted by atomic mass is 35.5. The molecule has 0 heterocycles. The summed E-state index contributed by atoms with van der Waals surface area (Å²) in [7, 11) is 2.47. The average Bonchev–Trinajstić information content (AvgIpc) is 2.67. The minimum absolute atomic E-state index is 0.0652. The number of nitrogens with one attached hydrogen (secondary N) is 2. The summed E-state index contributed by atoms with van der Waals surface area (Å²) in [6, 6.07) is 9.47. The number of hydrogen-bond donors (Lipinski definition) is 2. The Hall–Kier alpha value is -3.06. The van der Waals surface area contributed by atoms with Crippen LogP contribution < -0.4 is 10.6 Å². The standard InChI is InChI=1S/C19H19ClN2O5/c1-11-4-6-13(20)9-15(11)21-10-17(23)22-16-8-12(18(24)26-2)5-7-14(16)19(25)27-3/h4-9,21H,10H2,1-3H3,(H,22,23). The second kappa shape index (κ2) is 9.05. The summed E-state index contributed by atoms with van der Waals surface area (Å²) in [6.07, 6.45) is 0. The van der Waals surface area contributed by atoms with Gasteiger partial charge < -0.3 is 20.1 Å². The van der Waals surface area contributed by atoms with Crippen molar-refractivity contribution in [2.24, 2.45) is 0 Å². The third-order valence-corrected chi connectivity index (χ3v) is 3.99. The Balaban J connectivity index is 2.18. The van der Waals surface area contributed by atoms with E-state index in [0.717, 1.165) is 5.56 Å². The summed E-state index contributed by atoms with van der Waals surface area (Å²) in [6.45, 7) is 1.82. The molecule has 1 amide bonds. The van der Waals surface area contributed by atoms with Gasteiger partial charge in [0.1, 0.15) is 0 Å². The maximum Gasteiger partial charge on any atom is 0.339 e. The molecule has 7 nitrogen and oxygen atoms in total. The fourth-order valence-corrected chi connectivity index (χ4v) is 2.51. The highest BCUT2D eigenvalue weighted by Gasteiger charge is 2.17. The van der Waals surface area contributed by atoms with Gasteiger partial charge in [-0.3, -0.25) is 4.79 Å². The van der Waals surface area contributed by atoms with Crippen molar-refractivity contribution in [2.75, 3.05) is 31.4 Å². The highest BCUT2D eigenvalue weighted by molar-refractivity contribution is 6.30. The van der Waals surface area contributed by atoms with Gasteiger partial charge in [-0.15, -0.1) is 0 Å². The van der Waals surface area contributed by atoms with Gasteiger partial charge in [-0.1, -0.05) is 17.7 Å². The Labute approximate surface area is 161 Å². The van der Waals surface area contributed by atoms with Crippen molar-refractivity contribution in [3.05, 3.63) is 58.1 Å². The molecule has 0 spiro atoms. The number of rotatable bonds is 6. The molecular weight excluding hydrogens is 372 g/mol. The Bertz CT molecular complexity index is 882. The van der Waals surface area contributed by atoms with Crippen LogP contribution in [0, 0.1) is 6.92 Å². The molecule has 0 saturated heterocycles. The van der Waals surface area contributed by atoms with Gasteiger partial charge in [-0.05, 0) is 42.8 Å². The van der Waals surface area contributed by atoms with Gasteiger partial charge in [0.25, 0.3) is 0 Å². The topological polar surface area (TPSA) is 93.7 Å². The number of anilines is 2. The fourth-order valence-electron chi connectivity index (χ4n) is 2.34. The number of esters is 2. The van der Waals surface area contributed by atoms with Gasteiger partial charge in [0.05, 0.1) is 37.6 Å². The smallest absolute Gasteiger partial charge is 0.339 e. The molecule has 2 aromatic carbocycles. The predicted molar refractivity (Wildman–Crippen MR) is 102 cm³/mol. The molecular formula is C19H19ClN2O5. The van der Waals surface area contributed by atoms with E-state index >= 15 is 0 Å². The average molecular weight is 391 g/mol. The summed E-state index contributed by atoms with van der Waals surface area (Å²) in [4.78, 5) is 35.9. The van der Waals surface area contributed by atoms with Crippen molar-refractivity contribution >= 4 is 40.8 Å². The molecule has 0 radical (unpaired) electrons. The first kappa shape index (κ1) is 20.3. The van der Waals surface area contributed by atoms with Crippen molar-refractivity contribution < 1.29 is 23.9 Å². The van der Waals surface area contributed by atoms with Gasteiger partial charge in [0.2, 0.25) is 5.91 Å². The van der Waals surface area contributed by atoms with Crippen LogP contribution in [0.15, 0.2) is 36.4 Å². The highest BCUT2D eigenvalue weighted by Crippen LogP contribution is 2.21. The van der Waals surface area contributed by atoms with Gasteiger partial charge in [-0.2, -0.15) is 0 Å². The van der Waals surface area contributed by atoms with Gasteiger partial charge in [-0.25, -0.2) is 9.59 Å². The van der Waals surface area contributed by atoms with Crippen molar-refractivity contribution in [3.63, 3.8) is 0 Å². The molecule has 0 aliphatic rings. The lowest BCUT2D eigenvalue weighted by Gasteiger charge is -2.13. The first-order valence-electron chi connectivity index (χ1n) is 7.96. The lowest BCUT2D eigenvalue weighted by atomic mass is 10.1. The molecule has 142 valence electrons. The van der Waals surface area contributed by atoms with Crippen LogP contribution in [0.3, 0.4) is 0 Å². The van der Waals surface area contributed by atoms with E-state index in [1.165, 1.54) is 32.4 Å². The summed E-state index contributed by atoms with van der Waals surface area (Å²) >= 11 is 5.96. The number of hydrogen-bond acceptors (Lipinski definition) is 6. The summed E-state index contributed by atoms with van der Waals surface area (Å²) in [5, 5.41) is 6.13. The Morgan fingerprint density at radius 2 is 1.67 bits per heavy atom. The zero-order valence-corrected chi connectivity index (χ0v) is 15.8. The van der Waals surface area contributed by atoms with E-state index in [2.05, 4.69) is 15.4 Å². The van der Waals surface area contributed by atoms with Crippen molar-refractivity contribution in [1.82, 2.24) is 0 Å². The minimum atomic E-state index is -0.639. The zero-order chi connectivity index (χ0) is 20.0. The molecule has 0 aliphatic carbocycles. The second-order valence-corrected chi connectivity index (χ2v) is 6.04. The Morgan fingerprint density at radius 1 is 0.963 bits per heavy atom. The number of aryl methyl sites for hydroxylation is 1. The normalized spacial score (nSPS) is 10.1. The lowest BCUT2D eigenvalue weighted by Crippen LogP contribution is -2.23. The monoisotopic (exact) mass is 390 g/mol. The first-order valence-corrected chi connectivity index (χ1v) is 8.34. The van der Waals surface area contributed by atoms with E-state index in [4.69, 9.17) is 16.3 Å². The second-order valence-electron chi connectivity index (χ2n) is 5.60. The van der Waals surface area contributed by atoms with Gasteiger partial charge in [0.15, 0.2) is 0 Å². The van der Waals surface area contributed by atoms with Crippen LogP contribution in [0.2, 0.25) is 5.02 Å². The van der Waals surface area contributed by atoms with Crippen LogP contribution in [-0.4, -0.2) is 38.6 Å². The molecule has 0 saturated carbocycles. The molecule has 0 atom stereocenters. The molecule has 0 aromatic heterocycles. The summed E-state index contributed by atoms with van der Waals surface area (Å²) in [5.41, 5.74) is 2.11. The predicted octanol–water partition coefficient (Wildman–Crippen LogP) is 3.27. The van der Waals surface area contributed by atoms with Crippen molar-refractivity contribution in [2.45, 2.75) is 6.92 Å². The van der Waals surface area contributed by atoms with Crippen molar-refractivity contribution in [3.8, 4) is 0 Å². The largest absolute Gasteiger partial charge is 0.465 e. The van der Waals surface area contributed by atoms with E-state index in [9.17, 15) is 14.4 Å². The number of carbonyl (C=O) groups excluding carboxylic acids is 3. The van der Waals surface area contributed by atoms with Gasteiger partial charge in [0, 0.05) is 10.7 Å². The molecule has 0 bridgehead atoms. The molecule has 2 rings (SSSR count). The van der Waals surface area contributed by atoms with Crippen LogP contribution in [0.1, 0.15) is 26.3 Å². The lowest BCUT2D eigenvalue weighted by molar-refractivity contribution is -0.114. The van der Waals surface area contributed by atoms with Crippen LogP contribution >= 0.6 is 11.6 Å². The summed E-state index contributed by atoms with van der Waals surface area (Å²) in [5.74, 6) is -1.64. The molecule has 2 aromatic rings. The number of methoxy groups -OCH3 is 2. The quantitative estimate of drug-likeness (QED) is 0.735. The number of halogens is 1. The van der Waals surface area contributed by atoms with Gasteiger partial charge >= 0.3 is 11.9 Å². The third kappa shape index (κ3) is 5.21. The van der Waals surface area contributed by atoms with E-state index in [1.807, 2.05) is 13.0 Å². The van der Waals surface area contributed by atoms with E-state index in [1.54, 1.807) is 12.1 Å². The minimum Gasteiger partial charge on any atom is -0.465 e. The zero-order valence-electron chi connectivity index (χ0n) is 15.1. The number of benzene rings is 2. The maximum absolute atomic E-state index is 12.3. The number of amides is 1. The molecule has 8 heteroatoms. The maximum atomic E-state index is 12.3. The molecule has 0 fully saturated rings. The van der Waals surface area contributed by atoms with E-state index < -0.39 is 17.8 Å². The van der Waals surface area contributed by atoms with E-state index in [-0.39, 0.29) is 23.4 Å². The fraction of sp³-hybridized carbons (Fsp3) is 0.211. The molecule has 0 unspecified atom stereocenters.